The second kappa shape index (κ2) is 16.1. The maximum atomic E-state index is 14.6. The van der Waals surface area contributed by atoms with E-state index in [4.69, 9.17) is 23.2 Å². The van der Waals surface area contributed by atoms with Crippen LogP contribution in [0.2, 0.25) is 10.0 Å². The number of halogens is 2. The molecular formula is C36H39Cl2N3O4S. The van der Waals surface area contributed by atoms with Gasteiger partial charge in [-0.05, 0) is 67.3 Å². The molecule has 1 N–H and O–H groups in total. The molecule has 0 spiro atoms. The van der Waals surface area contributed by atoms with E-state index in [1.807, 2.05) is 50.2 Å². The normalized spacial score (nSPS) is 11.9. The number of nitrogens with zero attached hydrogens (tertiary/aromatic N) is 2. The smallest absolute Gasteiger partial charge is 0.264 e. The molecule has 0 aliphatic heterocycles. The fourth-order valence-corrected chi connectivity index (χ4v) is 6.89. The van der Waals surface area contributed by atoms with Crippen LogP contribution in [0, 0.1) is 13.8 Å². The van der Waals surface area contributed by atoms with Gasteiger partial charge in [0.15, 0.2) is 0 Å². The minimum Gasteiger partial charge on any atom is -0.354 e. The van der Waals surface area contributed by atoms with Crippen molar-refractivity contribution in [2.45, 2.75) is 57.5 Å². The number of hydrogen-bond donors (Lipinski definition) is 1. The molecule has 2 amide bonds. The average molecular weight is 681 g/mol. The van der Waals surface area contributed by atoms with Gasteiger partial charge in [-0.3, -0.25) is 13.9 Å². The predicted molar refractivity (Wildman–Crippen MR) is 186 cm³/mol. The Hall–Kier alpha value is -3.85. The number of amides is 2. The lowest BCUT2D eigenvalue weighted by Crippen LogP contribution is -2.53. The van der Waals surface area contributed by atoms with E-state index in [2.05, 4.69) is 5.32 Å². The van der Waals surface area contributed by atoms with Gasteiger partial charge in [0, 0.05) is 19.5 Å². The molecule has 0 saturated carbocycles. The minimum absolute atomic E-state index is 0.000607. The molecule has 0 radical (unpaired) electrons. The molecule has 4 rings (SSSR count). The Morgan fingerprint density at radius 3 is 2.15 bits per heavy atom. The van der Waals surface area contributed by atoms with Gasteiger partial charge in [-0.2, -0.15) is 0 Å². The van der Waals surface area contributed by atoms with Crippen LogP contribution in [0.15, 0.2) is 102 Å². The first-order chi connectivity index (χ1) is 22.0. The van der Waals surface area contributed by atoms with Crippen molar-refractivity contribution in [2.75, 3.05) is 17.4 Å². The Morgan fingerprint density at radius 1 is 0.826 bits per heavy atom. The van der Waals surface area contributed by atoms with Crippen molar-refractivity contribution in [3.05, 3.63) is 129 Å². The van der Waals surface area contributed by atoms with Crippen LogP contribution < -0.4 is 9.62 Å². The first-order valence-electron chi connectivity index (χ1n) is 15.2. The lowest BCUT2D eigenvalue weighted by atomic mass is 10.0. The lowest BCUT2D eigenvalue weighted by molar-refractivity contribution is -0.140. The summed E-state index contributed by atoms with van der Waals surface area (Å²) in [6.45, 7) is 5.62. The number of rotatable bonds is 14. The van der Waals surface area contributed by atoms with E-state index in [-0.39, 0.29) is 23.8 Å². The Bertz CT molecular complexity index is 1750. The van der Waals surface area contributed by atoms with Crippen LogP contribution in [-0.4, -0.2) is 44.3 Å². The van der Waals surface area contributed by atoms with E-state index in [0.717, 1.165) is 28.3 Å². The van der Waals surface area contributed by atoms with E-state index < -0.39 is 28.5 Å². The summed E-state index contributed by atoms with van der Waals surface area (Å²) in [6, 6.07) is 27.0. The molecule has 242 valence electrons. The Morgan fingerprint density at radius 2 is 1.50 bits per heavy atom. The van der Waals surface area contributed by atoms with Gasteiger partial charge >= 0.3 is 0 Å². The molecule has 0 bridgehead atoms. The molecule has 7 nitrogen and oxygen atoms in total. The number of anilines is 1. The summed E-state index contributed by atoms with van der Waals surface area (Å²) in [7, 11) is -4.18. The number of carbonyl (C=O) groups excluding carboxylic acids is 2. The van der Waals surface area contributed by atoms with Gasteiger partial charge in [0.05, 0.1) is 20.6 Å². The van der Waals surface area contributed by atoms with Crippen molar-refractivity contribution in [3.8, 4) is 0 Å². The van der Waals surface area contributed by atoms with E-state index in [1.165, 1.54) is 17.0 Å². The van der Waals surface area contributed by atoms with Crippen LogP contribution in [0.5, 0.6) is 0 Å². The third-order valence-electron chi connectivity index (χ3n) is 7.71. The van der Waals surface area contributed by atoms with E-state index >= 15 is 0 Å². The van der Waals surface area contributed by atoms with Gasteiger partial charge < -0.3 is 10.2 Å². The summed E-state index contributed by atoms with van der Waals surface area (Å²) in [5.41, 5.74) is 3.46. The molecule has 0 fully saturated rings. The van der Waals surface area contributed by atoms with Crippen LogP contribution in [0.25, 0.3) is 0 Å². The number of aryl methyl sites for hydroxylation is 2. The molecular weight excluding hydrogens is 641 g/mol. The monoisotopic (exact) mass is 679 g/mol. The molecule has 10 heteroatoms. The topological polar surface area (TPSA) is 86.8 Å². The fourth-order valence-electron chi connectivity index (χ4n) is 5.09. The Balaban J connectivity index is 1.81. The van der Waals surface area contributed by atoms with Gasteiger partial charge in [-0.1, -0.05) is 109 Å². The zero-order chi connectivity index (χ0) is 33.3. The number of carbonyl (C=O) groups is 2. The maximum Gasteiger partial charge on any atom is 0.264 e. The third kappa shape index (κ3) is 8.90. The van der Waals surface area contributed by atoms with Crippen molar-refractivity contribution in [2.24, 2.45) is 0 Å². The van der Waals surface area contributed by atoms with Crippen LogP contribution in [0.1, 0.15) is 42.0 Å². The highest BCUT2D eigenvalue weighted by Gasteiger charge is 2.35. The molecule has 4 aromatic rings. The van der Waals surface area contributed by atoms with E-state index in [1.54, 1.807) is 55.5 Å². The number of nitrogens with one attached hydrogen (secondary N) is 1. The first kappa shape index (κ1) is 35.0. The first-order valence-corrected chi connectivity index (χ1v) is 17.4. The van der Waals surface area contributed by atoms with Gasteiger partial charge in [-0.25, -0.2) is 8.42 Å². The van der Waals surface area contributed by atoms with Gasteiger partial charge in [-0.15, -0.1) is 0 Å². The molecule has 0 aromatic heterocycles. The summed E-state index contributed by atoms with van der Waals surface area (Å²) in [5.74, 6) is -0.869. The number of benzene rings is 4. The molecule has 0 saturated heterocycles. The standard InChI is InChI=1S/C36H39Cl2N3O4S/c1-4-5-21-39-36(43)34(23-28-12-7-6-8-13-28)40(24-29-17-20-31(37)32(38)22-29)35(42)25-41(33-14-10-9-11-27(33)3)46(44,45)30-18-15-26(2)16-19-30/h6-20,22,34H,4-5,21,23-25H2,1-3H3,(H,39,43)/t34-/m1/s1. The summed E-state index contributed by atoms with van der Waals surface area (Å²) >= 11 is 12.5. The van der Waals surface area contributed by atoms with Crippen molar-refractivity contribution in [3.63, 3.8) is 0 Å². The zero-order valence-corrected chi connectivity index (χ0v) is 28.6. The SMILES string of the molecule is CCCCNC(=O)[C@@H](Cc1ccccc1)N(Cc1ccc(Cl)c(Cl)c1)C(=O)CN(c1ccccc1C)S(=O)(=O)c1ccc(C)cc1. The highest BCUT2D eigenvalue weighted by Crippen LogP contribution is 2.29. The largest absolute Gasteiger partial charge is 0.354 e. The molecule has 0 unspecified atom stereocenters. The molecule has 4 aromatic carbocycles. The average Bonchev–Trinajstić information content (AvgIpc) is 3.04. The van der Waals surface area contributed by atoms with Gasteiger partial charge in [0.1, 0.15) is 12.6 Å². The molecule has 46 heavy (non-hydrogen) atoms. The third-order valence-corrected chi connectivity index (χ3v) is 10.2. The maximum absolute atomic E-state index is 14.6. The quantitative estimate of drug-likeness (QED) is 0.141. The number of para-hydroxylation sites is 1. The van der Waals surface area contributed by atoms with Crippen LogP contribution in [0.3, 0.4) is 0 Å². The van der Waals surface area contributed by atoms with Crippen LogP contribution in [0.4, 0.5) is 5.69 Å². The second-order valence-electron chi connectivity index (χ2n) is 11.2. The Labute approximate surface area is 282 Å². The van der Waals surface area contributed by atoms with Gasteiger partial charge in [0.2, 0.25) is 11.8 Å². The number of unbranched alkanes of at least 4 members (excludes halogenated alkanes) is 1. The number of sulfonamides is 1. The molecule has 1 atom stereocenters. The summed E-state index contributed by atoms with van der Waals surface area (Å²) in [6.07, 6.45) is 1.89. The number of hydrogen-bond acceptors (Lipinski definition) is 4. The van der Waals surface area contributed by atoms with E-state index in [0.29, 0.717) is 33.4 Å². The Kier molecular flexibility index (Phi) is 12.3. The van der Waals surface area contributed by atoms with Crippen molar-refractivity contribution >= 4 is 50.7 Å². The lowest BCUT2D eigenvalue weighted by Gasteiger charge is -2.34. The summed E-state index contributed by atoms with van der Waals surface area (Å²) in [5, 5.41) is 3.65. The predicted octanol–water partition coefficient (Wildman–Crippen LogP) is 7.36. The second-order valence-corrected chi connectivity index (χ2v) is 13.9. The van der Waals surface area contributed by atoms with Crippen LogP contribution >= 0.6 is 23.2 Å². The molecule has 0 aliphatic rings. The van der Waals surface area contributed by atoms with Crippen molar-refractivity contribution in [1.29, 1.82) is 0 Å². The van der Waals surface area contributed by atoms with E-state index in [9.17, 15) is 18.0 Å². The zero-order valence-electron chi connectivity index (χ0n) is 26.2. The highest BCUT2D eigenvalue weighted by molar-refractivity contribution is 7.92. The van der Waals surface area contributed by atoms with Crippen LogP contribution in [-0.2, 0) is 32.6 Å². The highest BCUT2D eigenvalue weighted by atomic mass is 35.5. The van der Waals surface area contributed by atoms with Crippen molar-refractivity contribution in [1.82, 2.24) is 10.2 Å². The summed E-state index contributed by atoms with van der Waals surface area (Å²) < 4.78 is 29.5. The summed E-state index contributed by atoms with van der Waals surface area (Å²) in [4.78, 5) is 29.9. The minimum atomic E-state index is -4.18. The molecule has 0 heterocycles. The fraction of sp³-hybridized carbons (Fsp3) is 0.278. The van der Waals surface area contributed by atoms with Crippen molar-refractivity contribution < 1.29 is 18.0 Å². The molecule has 0 aliphatic carbocycles. The van der Waals surface area contributed by atoms with Gasteiger partial charge in [0.25, 0.3) is 10.0 Å².